The minimum Gasteiger partial charge on any atom is -0.478 e. The van der Waals surface area contributed by atoms with Crippen molar-refractivity contribution in [3.63, 3.8) is 0 Å². The summed E-state index contributed by atoms with van der Waals surface area (Å²) < 4.78 is 77.3. The molecule has 83 heavy (non-hydrogen) atoms. The first-order chi connectivity index (χ1) is 40.4. The van der Waals surface area contributed by atoms with E-state index in [2.05, 4.69) is 85.7 Å². The van der Waals surface area contributed by atoms with Crippen LogP contribution in [-0.4, -0.2) is 173 Å². The molecule has 0 saturated heterocycles. The van der Waals surface area contributed by atoms with Gasteiger partial charge in [-0.2, -0.15) is 18.3 Å². The quantitative estimate of drug-likeness (QED) is 0.0132. The van der Waals surface area contributed by atoms with E-state index in [0.717, 1.165) is 48.1 Å². The van der Waals surface area contributed by atoms with Gasteiger partial charge in [0.1, 0.15) is 10.7 Å². The van der Waals surface area contributed by atoms with Crippen molar-refractivity contribution >= 4 is 34.0 Å². The van der Waals surface area contributed by atoms with Crippen molar-refractivity contribution < 1.29 is 60.5 Å². The van der Waals surface area contributed by atoms with Gasteiger partial charge in [-0.15, -0.1) is 10.2 Å². The summed E-state index contributed by atoms with van der Waals surface area (Å²) in [4.78, 5) is 35.1. The van der Waals surface area contributed by atoms with Crippen LogP contribution < -0.4 is 20.8 Å². The molecule has 3 aromatic heterocycles. The summed E-state index contributed by atoms with van der Waals surface area (Å²) in [6, 6.07) is 33.5. The Balaban J connectivity index is 0.653. The highest BCUT2D eigenvalue weighted by Gasteiger charge is 2.26. The maximum absolute atomic E-state index is 12.4. The Hall–Kier alpha value is -7.13. The molecule has 3 heterocycles. The number of aromatic nitrogens is 6. The van der Waals surface area contributed by atoms with Crippen LogP contribution in [-0.2, 0) is 60.0 Å². The van der Waals surface area contributed by atoms with Crippen molar-refractivity contribution in [2.24, 2.45) is 5.10 Å². The molecule has 4 N–H and O–H groups in total. The summed E-state index contributed by atoms with van der Waals surface area (Å²) in [5.41, 5.74) is 7.02. The average molecular weight is 1170 g/mol. The number of unbranched alkanes of at least 4 members (excludes halogenated alkanes) is 2. The molecule has 448 valence electrons. The van der Waals surface area contributed by atoms with Crippen LogP contribution in [0.5, 0.6) is 5.88 Å². The Bertz CT molecular complexity index is 2880. The fourth-order valence-electron chi connectivity index (χ4n) is 7.93. The summed E-state index contributed by atoms with van der Waals surface area (Å²) in [5.74, 6) is 1.29. The minimum absolute atomic E-state index is 0.0222. The van der Waals surface area contributed by atoms with Crippen molar-refractivity contribution in [3.05, 3.63) is 132 Å². The Labute approximate surface area is 485 Å². The summed E-state index contributed by atoms with van der Waals surface area (Å²) in [7, 11) is -4.40. The van der Waals surface area contributed by atoms with Crippen LogP contribution in [0, 0.1) is 0 Å². The van der Waals surface area contributed by atoms with Crippen LogP contribution in [0.15, 0.2) is 125 Å². The second kappa shape index (κ2) is 37.1. The third-order valence-electron chi connectivity index (χ3n) is 12.4. The maximum atomic E-state index is 12.4. The first kappa shape index (κ1) is 65.0. The lowest BCUT2D eigenvalue weighted by Gasteiger charge is -2.20. The number of aryl methyl sites for hydroxylation is 1. The van der Waals surface area contributed by atoms with Gasteiger partial charge in [0.2, 0.25) is 11.8 Å². The maximum Gasteiger partial charge on any atom is 0.295 e. The van der Waals surface area contributed by atoms with Crippen LogP contribution in [0.2, 0.25) is 0 Å². The molecule has 0 unspecified atom stereocenters. The molecule has 23 nitrogen and oxygen atoms in total. The van der Waals surface area contributed by atoms with E-state index in [1.165, 1.54) is 30.6 Å². The van der Waals surface area contributed by atoms with Gasteiger partial charge < -0.3 is 48.5 Å². The molecular formula is C59H78N10O13S. The second-order valence-electron chi connectivity index (χ2n) is 19.4. The van der Waals surface area contributed by atoms with E-state index in [-0.39, 0.29) is 27.7 Å². The SMILES string of the molecule is CC(C)(CCCCOc1cc(-c2ccccc2)cc(-c2ccccc2)n1)c1nnn(CCCCC(=O)NCCOCCOCCOCCOCCOCCOCCOCCNC(=O)c2ccc(N/N=C/c3ccccc3S(=O)(=O)O)nc2)n1. The Morgan fingerprint density at radius 2 is 1.22 bits per heavy atom. The van der Waals surface area contributed by atoms with Gasteiger partial charge in [0.05, 0.1) is 123 Å². The topological polar surface area (TPSA) is 280 Å². The number of ether oxygens (including phenoxy) is 8. The first-order valence-electron chi connectivity index (χ1n) is 27.9. The van der Waals surface area contributed by atoms with Crippen molar-refractivity contribution in [2.75, 3.05) is 118 Å². The average Bonchev–Trinajstić information content (AvgIpc) is 4.17. The second-order valence-corrected chi connectivity index (χ2v) is 20.8. The van der Waals surface area contributed by atoms with Crippen LogP contribution in [0.3, 0.4) is 0 Å². The third-order valence-corrected chi connectivity index (χ3v) is 13.4. The Morgan fingerprint density at radius 3 is 1.82 bits per heavy atom. The number of amides is 2. The van der Waals surface area contributed by atoms with Gasteiger partial charge in [-0.1, -0.05) is 92.7 Å². The largest absolute Gasteiger partial charge is 0.478 e. The normalized spacial score (nSPS) is 11.7. The summed E-state index contributed by atoms with van der Waals surface area (Å²) >= 11 is 0. The third kappa shape index (κ3) is 25.5. The Morgan fingerprint density at radius 1 is 0.639 bits per heavy atom. The lowest BCUT2D eigenvalue weighted by Crippen LogP contribution is -2.27. The summed E-state index contributed by atoms with van der Waals surface area (Å²) in [5, 5.41) is 22.9. The van der Waals surface area contributed by atoms with Gasteiger partial charge in [-0.05, 0) is 72.7 Å². The van der Waals surface area contributed by atoms with E-state index in [0.29, 0.717) is 155 Å². The molecule has 0 aliphatic carbocycles. The monoisotopic (exact) mass is 1170 g/mol. The van der Waals surface area contributed by atoms with Crippen molar-refractivity contribution in [1.29, 1.82) is 0 Å². The van der Waals surface area contributed by atoms with Gasteiger partial charge in [0.25, 0.3) is 16.0 Å². The zero-order chi connectivity index (χ0) is 58.6. The molecule has 6 aromatic rings. The van der Waals surface area contributed by atoms with Crippen LogP contribution in [0.4, 0.5) is 5.82 Å². The number of anilines is 1. The van der Waals surface area contributed by atoms with E-state index in [1.807, 2.05) is 42.5 Å². The lowest BCUT2D eigenvalue weighted by molar-refractivity contribution is -0.121. The first-order valence-corrected chi connectivity index (χ1v) is 29.3. The number of hydrogen-bond acceptors (Lipinski definition) is 19. The van der Waals surface area contributed by atoms with E-state index in [1.54, 1.807) is 23.0 Å². The van der Waals surface area contributed by atoms with Gasteiger partial charge in [0.15, 0.2) is 5.82 Å². The van der Waals surface area contributed by atoms with Gasteiger partial charge in [-0.25, -0.2) is 9.97 Å². The van der Waals surface area contributed by atoms with Crippen molar-refractivity contribution in [2.45, 2.75) is 69.2 Å². The molecule has 0 aliphatic rings. The fraction of sp³-hybridized carbons (Fsp3) is 0.458. The number of carbonyl (C=O) groups excluding carboxylic acids is 2. The number of rotatable bonds is 43. The van der Waals surface area contributed by atoms with Gasteiger partial charge >= 0.3 is 0 Å². The highest BCUT2D eigenvalue weighted by molar-refractivity contribution is 7.86. The van der Waals surface area contributed by atoms with Crippen LogP contribution in [0.1, 0.15) is 74.1 Å². The smallest absolute Gasteiger partial charge is 0.295 e. The zero-order valence-electron chi connectivity index (χ0n) is 47.4. The lowest BCUT2D eigenvalue weighted by atomic mass is 9.86. The molecule has 3 aromatic carbocycles. The number of nitrogens with one attached hydrogen (secondary N) is 3. The van der Waals surface area contributed by atoms with Gasteiger partial charge in [-0.3, -0.25) is 19.6 Å². The zero-order valence-corrected chi connectivity index (χ0v) is 48.2. The van der Waals surface area contributed by atoms with Crippen molar-refractivity contribution in [3.8, 4) is 28.3 Å². The summed E-state index contributed by atoms with van der Waals surface area (Å²) in [6.07, 6.45) is 7.14. The predicted molar refractivity (Wildman–Crippen MR) is 312 cm³/mol. The molecule has 0 radical (unpaired) electrons. The molecule has 0 aliphatic heterocycles. The molecular weight excluding hydrogens is 1090 g/mol. The molecule has 0 atom stereocenters. The minimum atomic E-state index is -4.40. The molecule has 6 rings (SSSR count). The van der Waals surface area contributed by atoms with E-state index >= 15 is 0 Å². The fourth-order valence-corrected chi connectivity index (χ4v) is 8.60. The van der Waals surface area contributed by atoms with Crippen LogP contribution in [0.25, 0.3) is 22.4 Å². The van der Waals surface area contributed by atoms with E-state index in [4.69, 9.17) is 42.9 Å². The Kier molecular flexibility index (Phi) is 29.1. The van der Waals surface area contributed by atoms with E-state index in [9.17, 15) is 22.6 Å². The van der Waals surface area contributed by atoms with Crippen molar-refractivity contribution in [1.82, 2.24) is 40.8 Å². The molecule has 24 heteroatoms. The number of benzene rings is 3. The van der Waals surface area contributed by atoms with E-state index < -0.39 is 10.1 Å². The number of pyridine rings is 2. The molecule has 2 amide bonds. The number of hydrogen-bond donors (Lipinski definition) is 4. The molecule has 0 bridgehead atoms. The van der Waals surface area contributed by atoms with Crippen LogP contribution >= 0.6 is 0 Å². The molecule has 0 fully saturated rings. The number of tetrazole rings is 1. The number of nitrogens with zero attached hydrogens (tertiary/aromatic N) is 7. The molecule has 0 spiro atoms. The number of carbonyl (C=O) groups is 2. The van der Waals surface area contributed by atoms with Gasteiger partial charge in [0, 0.05) is 48.3 Å². The standard InChI is InChI=1S/C59H78N10O13S/c1-59(2,24-12-14-28-82-56-44-51(47-15-5-3-6-16-47)43-52(64-56)48-17-7-4-8-18-48)58-66-68-69(67-58)27-13-11-21-55(70)60-25-29-75-31-33-77-35-37-79-39-41-81-42-40-80-38-36-78-34-32-76-30-26-61-57(71)50-22-23-54(62-45-50)65-63-46-49-19-9-10-20-53(49)83(72,73)74/h3-10,15-20,22-23,43-46H,11-14,21,24-42H2,1-2H3,(H,60,70)(H,61,71)(H,62,65)(H,72,73,74)/b63-46+. The number of hydrazone groups is 1. The highest BCUT2D eigenvalue weighted by atomic mass is 32.2. The molecule has 0 saturated carbocycles. The highest BCUT2D eigenvalue weighted by Crippen LogP contribution is 2.30. The predicted octanol–water partition coefficient (Wildman–Crippen LogP) is 6.85. The summed E-state index contributed by atoms with van der Waals surface area (Å²) in [6.45, 7) is 11.8.